The van der Waals surface area contributed by atoms with Crippen LogP contribution in [0.4, 0.5) is 0 Å². The molecule has 0 aromatic rings. The van der Waals surface area contributed by atoms with Gasteiger partial charge in [-0.3, -0.25) is 4.99 Å². The van der Waals surface area contributed by atoms with Gasteiger partial charge in [0.05, 0.1) is 0 Å². The Labute approximate surface area is 110 Å². The molecule has 2 nitrogen and oxygen atoms in total. The summed E-state index contributed by atoms with van der Waals surface area (Å²) in [7, 11) is 0. The largest absolute Gasteiger partial charge is 0.359 e. The molecule has 0 radical (unpaired) electrons. The van der Waals surface area contributed by atoms with Crippen LogP contribution in [0.25, 0.3) is 0 Å². The maximum absolute atomic E-state index is 4.74. The van der Waals surface area contributed by atoms with Gasteiger partial charge in [0, 0.05) is 17.8 Å². The average Bonchev–Trinajstić information content (AvgIpc) is 2.57. The number of amidine groups is 1. The molecule has 2 unspecified atom stereocenters. The molecule has 1 saturated carbocycles. The normalized spacial score (nSPS) is 36.5. The van der Waals surface area contributed by atoms with Gasteiger partial charge in [0.2, 0.25) is 0 Å². The molecule has 2 atom stereocenters. The van der Waals surface area contributed by atoms with Gasteiger partial charge < -0.3 is 5.32 Å². The molecule has 1 aliphatic carbocycles. The zero-order valence-corrected chi connectivity index (χ0v) is 12.5. The zero-order chi connectivity index (χ0) is 12.5. The summed E-state index contributed by atoms with van der Waals surface area (Å²) in [5.41, 5.74) is 0.671. The first-order valence-corrected chi connectivity index (χ1v) is 7.83. The van der Waals surface area contributed by atoms with Crippen LogP contribution >= 0.6 is 11.8 Å². The van der Waals surface area contributed by atoms with Gasteiger partial charge in [0.25, 0.3) is 0 Å². The summed E-state index contributed by atoms with van der Waals surface area (Å²) < 4.78 is 0. The van der Waals surface area contributed by atoms with Gasteiger partial charge >= 0.3 is 0 Å². The molecule has 3 heteroatoms. The minimum Gasteiger partial charge on any atom is -0.359 e. The second-order valence-electron chi connectivity index (χ2n) is 7.08. The molecular formula is C14H26N2S. The molecule has 1 aliphatic heterocycles. The van der Waals surface area contributed by atoms with Crippen molar-refractivity contribution in [2.75, 3.05) is 12.3 Å². The Morgan fingerprint density at radius 2 is 2.24 bits per heavy atom. The zero-order valence-electron chi connectivity index (χ0n) is 11.7. The van der Waals surface area contributed by atoms with Crippen molar-refractivity contribution in [1.82, 2.24) is 5.32 Å². The fourth-order valence-corrected chi connectivity index (χ4v) is 4.00. The van der Waals surface area contributed by atoms with Gasteiger partial charge in [0.1, 0.15) is 0 Å². The van der Waals surface area contributed by atoms with Crippen LogP contribution < -0.4 is 5.32 Å². The van der Waals surface area contributed by atoms with E-state index < -0.39 is 0 Å². The first-order valence-electron chi connectivity index (χ1n) is 6.84. The summed E-state index contributed by atoms with van der Waals surface area (Å²) in [6.07, 6.45) is 5.44. The van der Waals surface area contributed by atoms with E-state index in [1.165, 1.54) is 36.6 Å². The number of hydrogen-bond donors (Lipinski definition) is 1. The second-order valence-corrected chi connectivity index (χ2v) is 8.04. The molecule has 2 rings (SSSR count). The Morgan fingerprint density at radius 3 is 2.88 bits per heavy atom. The van der Waals surface area contributed by atoms with Crippen LogP contribution in [0.15, 0.2) is 4.99 Å². The van der Waals surface area contributed by atoms with Crippen LogP contribution in [0.5, 0.6) is 0 Å². The number of hydrogen-bond acceptors (Lipinski definition) is 2. The average molecular weight is 254 g/mol. The standard InChI is InChI=1S/C14H26N2S/c1-11-6-5-7-14(8-11)10-17-12(16-14)15-9-13(2,3)4/h11H,5-10H2,1-4H3,(H,15,16). The van der Waals surface area contributed by atoms with E-state index in [0.717, 1.165) is 12.5 Å². The molecule has 1 N–H and O–H groups in total. The number of nitrogens with zero attached hydrogens (tertiary/aromatic N) is 1. The SMILES string of the molecule is CC1CCCC2(CSC(=NCC(C)(C)C)N2)C1. The van der Waals surface area contributed by atoms with Crippen LogP contribution in [-0.4, -0.2) is 23.0 Å². The third-order valence-electron chi connectivity index (χ3n) is 3.65. The first kappa shape index (κ1) is 13.3. The summed E-state index contributed by atoms with van der Waals surface area (Å²) in [5, 5.41) is 4.91. The lowest BCUT2D eigenvalue weighted by Crippen LogP contribution is -2.47. The van der Waals surface area contributed by atoms with E-state index in [9.17, 15) is 0 Å². The quantitative estimate of drug-likeness (QED) is 0.772. The highest BCUT2D eigenvalue weighted by Gasteiger charge is 2.40. The number of nitrogens with one attached hydrogen (secondary N) is 1. The van der Waals surface area contributed by atoms with E-state index in [1.807, 2.05) is 11.8 Å². The monoisotopic (exact) mass is 254 g/mol. The molecular weight excluding hydrogens is 228 g/mol. The molecule has 1 heterocycles. The van der Waals surface area contributed by atoms with Crippen molar-refractivity contribution in [1.29, 1.82) is 0 Å². The molecule has 0 bridgehead atoms. The van der Waals surface area contributed by atoms with Gasteiger partial charge in [-0.2, -0.15) is 0 Å². The molecule has 1 spiro atoms. The molecule has 98 valence electrons. The van der Waals surface area contributed by atoms with Gasteiger partial charge in [-0.25, -0.2) is 0 Å². The molecule has 17 heavy (non-hydrogen) atoms. The number of thioether (sulfide) groups is 1. The second kappa shape index (κ2) is 4.83. The predicted octanol–water partition coefficient (Wildman–Crippen LogP) is 3.67. The lowest BCUT2D eigenvalue weighted by atomic mass is 9.78. The Bertz CT molecular complexity index is 306. The Kier molecular flexibility index (Phi) is 3.77. The highest BCUT2D eigenvalue weighted by Crippen LogP contribution is 2.38. The number of rotatable bonds is 1. The van der Waals surface area contributed by atoms with Crippen LogP contribution in [0.2, 0.25) is 0 Å². The van der Waals surface area contributed by atoms with Crippen molar-refractivity contribution >= 4 is 16.9 Å². The molecule has 2 aliphatic rings. The fourth-order valence-electron chi connectivity index (χ4n) is 2.80. The van der Waals surface area contributed by atoms with E-state index in [1.54, 1.807) is 0 Å². The third-order valence-corrected chi connectivity index (χ3v) is 4.85. The van der Waals surface area contributed by atoms with Crippen molar-refractivity contribution in [3.63, 3.8) is 0 Å². The summed E-state index contributed by atoms with van der Waals surface area (Å²) in [6.45, 7) is 10.0. The maximum Gasteiger partial charge on any atom is 0.157 e. The van der Waals surface area contributed by atoms with Crippen molar-refractivity contribution in [2.45, 2.75) is 58.9 Å². The van der Waals surface area contributed by atoms with E-state index in [-0.39, 0.29) is 0 Å². The summed E-state index contributed by atoms with van der Waals surface area (Å²) in [5.74, 6) is 2.10. The van der Waals surface area contributed by atoms with Crippen molar-refractivity contribution < 1.29 is 0 Å². The fraction of sp³-hybridized carbons (Fsp3) is 0.929. The summed E-state index contributed by atoms with van der Waals surface area (Å²) >= 11 is 1.93. The van der Waals surface area contributed by atoms with Gasteiger partial charge in [-0.05, 0) is 24.2 Å². The summed E-state index contributed by atoms with van der Waals surface area (Å²) in [4.78, 5) is 4.74. The maximum atomic E-state index is 4.74. The van der Waals surface area contributed by atoms with E-state index in [2.05, 4.69) is 33.0 Å². The lowest BCUT2D eigenvalue weighted by Gasteiger charge is -2.36. The van der Waals surface area contributed by atoms with Crippen molar-refractivity contribution in [3.05, 3.63) is 0 Å². The highest BCUT2D eigenvalue weighted by atomic mass is 32.2. The Balaban J connectivity index is 1.94. The van der Waals surface area contributed by atoms with Gasteiger partial charge in [-0.15, -0.1) is 0 Å². The third kappa shape index (κ3) is 3.64. The van der Waals surface area contributed by atoms with Crippen LogP contribution in [-0.2, 0) is 0 Å². The van der Waals surface area contributed by atoms with Crippen molar-refractivity contribution in [2.24, 2.45) is 16.3 Å². The van der Waals surface area contributed by atoms with E-state index in [4.69, 9.17) is 4.99 Å². The highest BCUT2D eigenvalue weighted by molar-refractivity contribution is 8.14. The predicted molar refractivity (Wildman–Crippen MR) is 77.7 cm³/mol. The molecule has 2 fully saturated rings. The minimum absolute atomic E-state index is 0.296. The van der Waals surface area contributed by atoms with Crippen molar-refractivity contribution in [3.8, 4) is 0 Å². The smallest absolute Gasteiger partial charge is 0.157 e. The van der Waals surface area contributed by atoms with Crippen LogP contribution in [0.1, 0.15) is 53.4 Å². The molecule has 0 aromatic carbocycles. The Morgan fingerprint density at radius 1 is 1.47 bits per heavy atom. The van der Waals surface area contributed by atoms with Crippen LogP contribution in [0.3, 0.4) is 0 Å². The first-order chi connectivity index (χ1) is 7.89. The Hall–Kier alpha value is -0.180. The van der Waals surface area contributed by atoms with E-state index >= 15 is 0 Å². The van der Waals surface area contributed by atoms with Crippen LogP contribution in [0, 0.1) is 11.3 Å². The van der Waals surface area contributed by atoms with Gasteiger partial charge in [0.15, 0.2) is 5.17 Å². The van der Waals surface area contributed by atoms with Gasteiger partial charge in [-0.1, -0.05) is 52.3 Å². The molecule has 0 amide bonds. The number of aliphatic imine (C=N–C) groups is 1. The molecule has 0 aromatic heterocycles. The minimum atomic E-state index is 0.296. The summed E-state index contributed by atoms with van der Waals surface area (Å²) in [6, 6.07) is 0. The lowest BCUT2D eigenvalue weighted by molar-refractivity contribution is 0.242. The topological polar surface area (TPSA) is 24.4 Å². The van der Waals surface area contributed by atoms with E-state index in [0.29, 0.717) is 11.0 Å². The molecule has 1 saturated heterocycles.